The Kier molecular flexibility index (Phi) is 3.15. The lowest BCUT2D eigenvalue weighted by atomic mass is 9.74. The van der Waals surface area contributed by atoms with Gasteiger partial charge in [-0.3, -0.25) is 0 Å². The fraction of sp³-hybridized carbons (Fsp3) is 0.600. The first-order valence-electron chi connectivity index (χ1n) is 4.66. The summed E-state index contributed by atoms with van der Waals surface area (Å²) in [6.07, 6.45) is 0.689. The molecular weight excluding hydrogens is 193 g/mol. The van der Waals surface area contributed by atoms with Crippen molar-refractivity contribution in [2.75, 3.05) is 0 Å². The van der Waals surface area contributed by atoms with E-state index in [0.717, 1.165) is 15.6 Å². The van der Waals surface area contributed by atoms with Gasteiger partial charge in [-0.2, -0.15) is 0 Å². The third-order valence-electron chi connectivity index (χ3n) is 2.75. The normalized spacial score (nSPS) is 15.1. The first-order chi connectivity index (χ1) is 6.41. The van der Waals surface area contributed by atoms with Crippen molar-refractivity contribution >= 4 is 24.9 Å². The SMILES string of the molecule is [B]C(=O)C(C)(CC)c1nc(C)c(C)s1. The van der Waals surface area contributed by atoms with Gasteiger partial charge < -0.3 is 4.79 Å². The molecule has 14 heavy (non-hydrogen) atoms. The van der Waals surface area contributed by atoms with Gasteiger partial charge in [0.25, 0.3) is 0 Å². The van der Waals surface area contributed by atoms with Crippen molar-refractivity contribution in [1.29, 1.82) is 0 Å². The Morgan fingerprint density at radius 3 is 2.43 bits per heavy atom. The minimum atomic E-state index is -0.607. The predicted molar refractivity (Wildman–Crippen MR) is 60.0 cm³/mol. The molecule has 0 saturated carbocycles. The van der Waals surface area contributed by atoms with Gasteiger partial charge in [-0.05, 0) is 27.2 Å². The smallest absolute Gasteiger partial charge is 0.169 e. The minimum absolute atomic E-state index is 0.297. The maximum Gasteiger partial charge on any atom is 0.169 e. The standard InChI is InChI=1S/C10H14BNOS/c1-5-10(4,8(11)13)9-12-6(2)7(3)14-9/h5H2,1-4H3. The first-order valence-corrected chi connectivity index (χ1v) is 5.48. The number of aromatic nitrogens is 1. The lowest BCUT2D eigenvalue weighted by molar-refractivity contribution is -0.116. The Bertz CT molecular complexity index is 342. The lowest BCUT2D eigenvalue weighted by Crippen LogP contribution is -2.31. The average molecular weight is 207 g/mol. The molecule has 0 aliphatic heterocycles. The van der Waals surface area contributed by atoms with Gasteiger partial charge in [-0.15, -0.1) is 11.3 Å². The molecule has 1 heterocycles. The largest absolute Gasteiger partial charge is 0.312 e. The molecule has 1 aromatic heterocycles. The zero-order valence-electron chi connectivity index (χ0n) is 9.05. The summed E-state index contributed by atoms with van der Waals surface area (Å²) in [4.78, 5) is 16.9. The highest BCUT2D eigenvalue weighted by atomic mass is 32.1. The number of hydrogen-bond acceptors (Lipinski definition) is 3. The second kappa shape index (κ2) is 3.85. The summed E-state index contributed by atoms with van der Waals surface area (Å²) in [7, 11) is 5.40. The molecule has 0 spiro atoms. The Balaban J connectivity index is 3.19. The molecule has 1 atom stereocenters. The summed E-state index contributed by atoms with van der Waals surface area (Å²) in [5.41, 5.74) is 0.0867. The molecule has 1 unspecified atom stereocenters. The van der Waals surface area contributed by atoms with E-state index in [4.69, 9.17) is 7.85 Å². The van der Waals surface area contributed by atoms with Crippen molar-refractivity contribution in [2.45, 2.75) is 39.5 Å². The van der Waals surface area contributed by atoms with E-state index in [2.05, 4.69) is 4.98 Å². The summed E-state index contributed by atoms with van der Waals surface area (Å²) in [5, 5.41) is 0.836. The highest BCUT2D eigenvalue weighted by Gasteiger charge is 2.32. The highest BCUT2D eigenvalue weighted by molar-refractivity contribution is 7.12. The molecule has 0 bridgehead atoms. The van der Waals surface area contributed by atoms with Gasteiger partial charge >= 0.3 is 0 Å². The molecule has 2 nitrogen and oxygen atoms in total. The molecule has 0 aliphatic carbocycles. The molecule has 0 amide bonds. The number of carbonyl (C=O) groups excluding carboxylic acids is 1. The van der Waals surface area contributed by atoms with Crippen LogP contribution in [0.4, 0.5) is 0 Å². The van der Waals surface area contributed by atoms with E-state index < -0.39 is 5.41 Å². The van der Waals surface area contributed by atoms with Crippen molar-refractivity contribution in [3.05, 3.63) is 15.6 Å². The third kappa shape index (κ3) is 1.76. The molecule has 4 heteroatoms. The topological polar surface area (TPSA) is 30.0 Å². The van der Waals surface area contributed by atoms with E-state index in [1.807, 2.05) is 27.7 Å². The van der Waals surface area contributed by atoms with Crippen LogP contribution in [0.2, 0.25) is 0 Å². The Labute approximate surface area is 90.2 Å². The molecule has 0 aliphatic rings. The predicted octanol–water partition coefficient (Wildman–Crippen LogP) is 2.12. The fourth-order valence-electron chi connectivity index (χ4n) is 1.14. The Morgan fingerprint density at radius 1 is 1.57 bits per heavy atom. The van der Waals surface area contributed by atoms with Crippen molar-refractivity contribution in [3.8, 4) is 0 Å². The van der Waals surface area contributed by atoms with Crippen LogP contribution in [0.15, 0.2) is 0 Å². The average Bonchev–Trinajstić information content (AvgIpc) is 2.45. The maximum atomic E-state index is 11.4. The van der Waals surface area contributed by atoms with Gasteiger partial charge in [-0.25, -0.2) is 4.98 Å². The number of nitrogens with zero attached hydrogens (tertiary/aromatic N) is 1. The monoisotopic (exact) mass is 207 g/mol. The van der Waals surface area contributed by atoms with Crippen molar-refractivity contribution in [3.63, 3.8) is 0 Å². The summed E-state index contributed by atoms with van der Waals surface area (Å²) < 4.78 is 0. The van der Waals surface area contributed by atoms with E-state index in [9.17, 15) is 4.79 Å². The van der Waals surface area contributed by atoms with Crippen LogP contribution in [0.5, 0.6) is 0 Å². The molecule has 0 fully saturated rings. The van der Waals surface area contributed by atoms with Crippen LogP contribution in [0.25, 0.3) is 0 Å². The third-order valence-corrected chi connectivity index (χ3v) is 4.09. The number of thiazole rings is 1. The summed E-state index contributed by atoms with van der Waals surface area (Å²) in [5.74, 6) is 0. The van der Waals surface area contributed by atoms with Gasteiger partial charge in [0.05, 0.1) is 16.8 Å². The van der Waals surface area contributed by atoms with E-state index in [1.165, 1.54) is 0 Å². The zero-order chi connectivity index (χ0) is 10.9. The first kappa shape index (κ1) is 11.4. The zero-order valence-corrected chi connectivity index (χ0v) is 9.86. The second-order valence-electron chi connectivity index (χ2n) is 3.71. The van der Waals surface area contributed by atoms with Crippen LogP contribution in [-0.2, 0) is 10.2 Å². The Hall–Kier alpha value is -0.635. The Morgan fingerprint density at radius 2 is 2.14 bits per heavy atom. The van der Waals surface area contributed by atoms with Gasteiger partial charge in [0.1, 0.15) is 5.01 Å². The second-order valence-corrected chi connectivity index (χ2v) is 4.91. The summed E-state index contributed by atoms with van der Waals surface area (Å²) in [6.45, 7) is 7.77. The van der Waals surface area contributed by atoms with Crippen LogP contribution in [0.1, 0.15) is 35.8 Å². The molecule has 0 saturated heterocycles. The number of rotatable bonds is 3. The van der Waals surface area contributed by atoms with Crippen molar-refractivity contribution in [1.82, 2.24) is 4.98 Å². The molecule has 1 aromatic rings. The molecule has 0 N–H and O–H groups in total. The highest BCUT2D eigenvalue weighted by Crippen LogP contribution is 2.32. The molecule has 74 valence electrons. The fourth-order valence-corrected chi connectivity index (χ4v) is 2.28. The number of hydrogen-bond donors (Lipinski definition) is 0. The lowest BCUT2D eigenvalue weighted by Gasteiger charge is -2.22. The molecule has 0 aromatic carbocycles. The van der Waals surface area contributed by atoms with E-state index in [1.54, 1.807) is 11.3 Å². The van der Waals surface area contributed by atoms with Gasteiger partial charge in [0.15, 0.2) is 7.85 Å². The van der Waals surface area contributed by atoms with Crippen LogP contribution in [0.3, 0.4) is 0 Å². The van der Waals surface area contributed by atoms with Gasteiger partial charge in [0.2, 0.25) is 0 Å². The van der Waals surface area contributed by atoms with Crippen LogP contribution in [0, 0.1) is 13.8 Å². The quantitative estimate of drug-likeness (QED) is 0.710. The maximum absolute atomic E-state index is 11.4. The number of carbonyl (C=O) groups is 1. The summed E-state index contributed by atoms with van der Waals surface area (Å²) in [6, 6.07) is 0. The molecular formula is C10H14BNOS. The van der Waals surface area contributed by atoms with E-state index >= 15 is 0 Å². The van der Waals surface area contributed by atoms with Gasteiger partial charge in [-0.1, -0.05) is 6.92 Å². The van der Waals surface area contributed by atoms with Crippen LogP contribution in [-0.4, -0.2) is 18.5 Å². The molecule has 1 rings (SSSR count). The minimum Gasteiger partial charge on any atom is -0.312 e. The van der Waals surface area contributed by atoms with Crippen molar-refractivity contribution < 1.29 is 4.79 Å². The number of aryl methyl sites for hydroxylation is 2. The van der Waals surface area contributed by atoms with E-state index in [0.29, 0.717) is 6.42 Å². The summed E-state index contributed by atoms with van der Waals surface area (Å²) >= 11 is 1.56. The van der Waals surface area contributed by atoms with Crippen LogP contribution >= 0.6 is 11.3 Å². The van der Waals surface area contributed by atoms with Crippen LogP contribution < -0.4 is 0 Å². The van der Waals surface area contributed by atoms with Gasteiger partial charge in [0, 0.05) is 4.88 Å². The molecule has 2 radical (unpaired) electrons. The van der Waals surface area contributed by atoms with E-state index in [-0.39, 0.29) is 5.68 Å². The van der Waals surface area contributed by atoms with Crippen molar-refractivity contribution in [2.24, 2.45) is 0 Å².